The number of fused-ring (bicyclic) bond motifs is 5. The Hall–Kier alpha value is -7.69. The first-order chi connectivity index (χ1) is 30.3. The highest BCUT2D eigenvalue weighted by Gasteiger charge is 2.17. The van der Waals surface area contributed by atoms with Crippen LogP contribution in [0.3, 0.4) is 0 Å². The summed E-state index contributed by atoms with van der Waals surface area (Å²) >= 11 is 0. The molecule has 2 heterocycles. The van der Waals surface area contributed by atoms with Crippen molar-refractivity contribution < 1.29 is 11.3 Å². The van der Waals surface area contributed by atoms with E-state index in [2.05, 4.69) is 72.8 Å². The van der Waals surface area contributed by atoms with E-state index < -0.39 is 18.1 Å². The van der Waals surface area contributed by atoms with Crippen LogP contribution in [-0.2, 0) is 0 Å². The van der Waals surface area contributed by atoms with Crippen LogP contribution < -0.4 is 0 Å². The summed E-state index contributed by atoms with van der Waals surface area (Å²) in [6.45, 7) is 0. The molecule has 0 fully saturated rings. The van der Waals surface area contributed by atoms with Gasteiger partial charge in [0.15, 0.2) is 17.5 Å². The van der Waals surface area contributed by atoms with Gasteiger partial charge in [0.1, 0.15) is 11.2 Å². The molecule has 0 saturated carbocycles. The molecular formula is C53H33N3O. The van der Waals surface area contributed by atoms with Crippen molar-refractivity contribution in [3.8, 4) is 67.5 Å². The maximum atomic E-state index is 8.95. The van der Waals surface area contributed by atoms with Crippen LogP contribution in [0.25, 0.3) is 111 Å². The quantitative estimate of drug-likeness (QED) is 0.171. The van der Waals surface area contributed by atoms with Crippen molar-refractivity contribution in [3.05, 3.63) is 200 Å². The second kappa shape index (κ2) is 13.6. The molecule has 0 amide bonds. The van der Waals surface area contributed by atoms with Crippen molar-refractivity contribution in [1.29, 1.82) is 0 Å². The van der Waals surface area contributed by atoms with Gasteiger partial charge in [-0.25, -0.2) is 15.0 Å². The van der Waals surface area contributed by atoms with Gasteiger partial charge in [-0.1, -0.05) is 139 Å². The van der Waals surface area contributed by atoms with Crippen LogP contribution in [0.5, 0.6) is 0 Å². The average Bonchev–Trinajstić information content (AvgIpc) is 3.70. The van der Waals surface area contributed by atoms with Gasteiger partial charge in [-0.2, -0.15) is 0 Å². The lowest BCUT2D eigenvalue weighted by molar-refractivity contribution is 0.669. The Labute approximate surface area is 336 Å². The minimum absolute atomic E-state index is 0.0924. The van der Waals surface area contributed by atoms with Crippen molar-refractivity contribution in [2.75, 3.05) is 0 Å². The van der Waals surface area contributed by atoms with E-state index in [9.17, 15) is 0 Å². The molecule has 0 spiro atoms. The zero-order valence-corrected chi connectivity index (χ0v) is 30.4. The monoisotopic (exact) mass is 732 g/mol. The van der Waals surface area contributed by atoms with Crippen LogP contribution in [0.2, 0.25) is 0 Å². The van der Waals surface area contributed by atoms with Crippen LogP contribution in [-0.4, -0.2) is 15.0 Å². The molecule has 0 atom stereocenters. The number of hydrogen-bond acceptors (Lipinski definition) is 4. The fourth-order valence-electron chi connectivity index (χ4n) is 7.65. The lowest BCUT2D eigenvalue weighted by atomic mass is 9.93. The van der Waals surface area contributed by atoms with Gasteiger partial charge in [-0.3, -0.25) is 0 Å². The number of nitrogens with zero attached hydrogens (tertiary/aromatic N) is 3. The Morgan fingerprint density at radius 1 is 0.316 bits per heavy atom. The van der Waals surface area contributed by atoms with Crippen molar-refractivity contribution >= 4 is 43.5 Å². The van der Waals surface area contributed by atoms with E-state index in [4.69, 9.17) is 26.2 Å². The van der Waals surface area contributed by atoms with Gasteiger partial charge in [-0.15, -0.1) is 0 Å². The second-order valence-corrected chi connectivity index (χ2v) is 14.1. The molecule has 0 saturated heterocycles. The van der Waals surface area contributed by atoms with Crippen molar-refractivity contribution in [2.45, 2.75) is 0 Å². The Balaban J connectivity index is 1.10. The molecule has 0 aliphatic carbocycles. The van der Waals surface area contributed by atoms with Crippen molar-refractivity contribution in [3.63, 3.8) is 0 Å². The first-order valence-corrected chi connectivity index (χ1v) is 18.7. The minimum atomic E-state index is -0.449. The van der Waals surface area contributed by atoms with Gasteiger partial charge in [0.25, 0.3) is 0 Å². The van der Waals surface area contributed by atoms with E-state index in [0.29, 0.717) is 28.6 Å². The van der Waals surface area contributed by atoms with Gasteiger partial charge >= 0.3 is 0 Å². The Bertz CT molecular complexity index is 3580. The minimum Gasteiger partial charge on any atom is -0.456 e. The van der Waals surface area contributed by atoms with Crippen LogP contribution in [0.4, 0.5) is 0 Å². The number of hydrogen-bond donors (Lipinski definition) is 0. The molecule has 4 heteroatoms. The molecule has 0 unspecified atom stereocenters. The van der Waals surface area contributed by atoms with Crippen molar-refractivity contribution in [1.82, 2.24) is 15.0 Å². The zero-order valence-electron chi connectivity index (χ0n) is 35.4. The molecule has 0 N–H and O–H groups in total. The molecule has 0 aliphatic heterocycles. The number of furan rings is 1. The summed E-state index contributed by atoms with van der Waals surface area (Å²) in [4.78, 5) is 15.1. The Morgan fingerprint density at radius 2 is 0.825 bits per heavy atom. The summed E-state index contributed by atoms with van der Waals surface area (Å²) in [5.74, 6) is 1.27. The largest absolute Gasteiger partial charge is 0.456 e. The summed E-state index contributed by atoms with van der Waals surface area (Å²) in [6.07, 6.45) is 0. The third kappa shape index (κ3) is 6.10. The molecule has 4 nitrogen and oxygen atoms in total. The molecule has 2 aromatic heterocycles. The SMILES string of the molecule is [2H]c1c([2H])c([2H])c(-c2cc(-c3ccc4cc(-c5ccc6ccccc6c5)ccc4c3)cc(-c3nc(-c4ccccc4)nc(-c4ccc5oc6ccccc6c5c4)n3)c2)c([2H])c1[2H]. The maximum absolute atomic E-state index is 8.95. The fraction of sp³-hybridized carbons (Fsp3) is 0. The lowest BCUT2D eigenvalue weighted by Gasteiger charge is -2.13. The van der Waals surface area contributed by atoms with Gasteiger partial charge in [0, 0.05) is 27.5 Å². The van der Waals surface area contributed by atoms with E-state index in [1.165, 1.54) is 10.8 Å². The number of para-hydroxylation sites is 1. The van der Waals surface area contributed by atoms with Gasteiger partial charge in [0.05, 0.1) is 6.85 Å². The first-order valence-electron chi connectivity index (χ1n) is 21.2. The van der Waals surface area contributed by atoms with Gasteiger partial charge in [0.2, 0.25) is 0 Å². The molecule has 0 radical (unpaired) electrons. The summed E-state index contributed by atoms with van der Waals surface area (Å²) in [7, 11) is 0. The number of rotatable bonds is 6. The molecule has 57 heavy (non-hydrogen) atoms. The molecule has 0 aliphatic rings. The standard InChI is InChI=1S/C53H33N3O/c1-3-11-34(12-4-1)44-30-45(42-24-23-40-28-39(21-22-41(40)29-42)38-20-19-35-13-7-8-16-37(35)27-38)32-46(31-44)53-55-51(36-14-5-2-6-15-36)54-52(56-53)43-25-26-50-48(33-43)47-17-9-10-18-49(47)57-50/h1-33H/i1D,3D,4D,11D,12D. The summed E-state index contributed by atoms with van der Waals surface area (Å²) < 4.78 is 49.4. The Kier molecular flexibility index (Phi) is 6.62. The molecule has 11 rings (SSSR count). The van der Waals surface area contributed by atoms with Crippen LogP contribution in [0, 0.1) is 0 Å². The average molecular weight is 733 g/mol. The van der Waals surface area contributed by atoms with Crippen molar-refractivity contribution in [2.24, 2.45) is 0 Å². The predicted molar refractivity (Wildman–Crippen MR) is 235 cm³/mol. The molecule has 0 bridgehead atoms. The van der Waals surface area contributed by atoms with Gasteiger partial charge in [-0.05, 0) is 116 Å². The third-order valence-electron chi connectivity index (χ3n) is 10.5. The van der Waals surface area contributed by atoms with Crippen LogP contribution in [0.15, 0.2) is 204 Å². The maximum Gasteiger partial charge on any atom is 0.164 e. The zero-order chi connectivity index (χ0) is 42.1. The van der Waals surface area contributed by atoms with Gasteiger partial charge < -0.3 is 4.42 Å². The smallest absolute Gasteiger partial charge is 0.164 e. The van der Waals surface area contributed by atoms with Crippen LogP contribution in [0.1, 0.15) is 6.85 Å². The number of aromatic nitrogens is 3. The topological polar surface area (TPSA) is 51.8 Å². The normalized spacial score (nSPS) is 12.7. The molecular weight excluding hydrogens is 695 g/mol. The summed E-state index contributed by atoms with van der Waals surface area (Å²) in [5.41, 5.74) is 8.12. The van der Waals surface area contributed by atoms with Crippen LogP contribution >= 0.6 is 0 Å². The predicted octanol–water partition coefficient (Wildman–Crippen LogP) is 14.1. The highest BCUT2D eigenvalue weighted by Crippen LogP contribution is 2.37. The highest BCUT2D eigenvalue weighted by molar-refractivity contribution is 6.06. The van der Waals surface area contributed by atoms with E-state index in [1.54, 1.807) is 6.07 Å². The second-order valence-electron chi connectivity index (χ2n) is 14.1. The lowest BCUT2D eigenvalue weighted by Crippen LogP contribution is -2.00. The summed E-state index contributed by atoms with van der Waals surface area (Å²) in [5, 5.41) is 6.40. The highest BCUT2D eigenvalue weighted by atomic mass is 16.3. The Morgan fingerprint density at radius 3 is 1.56 bits per heavy atom. The van der Waals surface area contributed by atoms with E-state index in [1.807, 2.05) is 91.0 Å². The summed E-state index contributed by atoms with van der Waals surface area (Å²) in [6, 6.07) is 54.9. The van der Waals surface area contributed by atoms with E-state index >= 15 is 0 Å². The van der Waals surface area contributed by atoms with E-state index in [-0.39, 0.29) is 17.6 Å². The first kappa shape index (κ1) is 27.8. The number of benzene rings is 9. The molecule has 9 aromatic carbocycles. The van der Waals surface area contributed by atoms with E-state index in [0.717, 1.165) is 66.1 Å². The molecule has 11 aromatic rings. The fourth-order valence-corrected chi connectivity index (χ4v) is 7.65. The third-order valence-corrected chi connectivity index (χ3v) is 10.5. The molecule has 266 valence electrons.